The van der Waals surface area contributed by atoms with Crippen LogP contribution in [0.1, 0.15) is 29.2 Å². The van der Waals surface area contributed by atoms with E-state index in [1.54, 1.807) is 43.7 Å². The molecule has 10 heteroatoms. The van der Waals surface area contributed by atoms with Gasteiger partial charge in [0.25, 0.3) is 0 Å². The van der Waals surface area contributed by atoms with Crippen LogP contribution in [-0.4, -0.2) is 62.5 Å². The highest BCUT2D eigenvalue weighted by atomic mass is 35.5. The Labute approximate surface area is 165 Å². The lowest BCUT2D eigenvalue weighted by Gasteiger charge is -2.21. The van der Waals surface area contributed by atoms with Crippen molar-refractivity contribution in [1.29, 1.82) is 0 Å². The Balaban J connectivity index is 1.61. The molecule has 5 atom stereocenters. The van der Waals surface area contributed by atoms with Crippen molar-refractivity contribution in [2.24, 2.45) is 10.1 Å². The number of amidine groups is 1. The molecule has 2 aliphatic rings. The van der Waals surface area contributed by atoms with Crippen LogP contribution in [0.15, 0.2) is 40.6 Å². The fourth-order valence-corrected chi connectivity index (χ4v) is 3.60. The highest BCUT2D eigenvalue weighted by Gasteiger charge is 2.48. The first-order valence-electron chi connectivity index (χ1n) is 8.80. The van der Waals surface area contributed by atoms with Gasteiger partial charge in [-0.15, -0.1) is 0 Å². The first-order chi connectivity index (χ1) is 13.5. The van der Waals surface area contributed by atoms with E-state index in [2.05, 4.69) is 20.6 Å². The zero-order valence-electron chi connectivity index (χ0n) is 15.0. The number of benzene rings is 1. The number of hydrogen-bond donors (Lipinski definition) is 4. The van der Waals surface area contributed by atoms with Crippen molar-refractivity contribution in [3.05, 3.63) is 52.3 Å². The molecule has 148 valence electrons. The van der Waals surface area contributed by atoms with E-state index in [1.807, 2.05) is 0 Å². The van der Waals surface area contributed by atoms with Crippen LogP contribution in [0, 0.1) is 0 Å². The van der Waals surface area contributed by atoms with E-state index in [0.717, 1.165) is 5.69 Å². The van der Waals surface area contributed by atoms with Crippen LogP contribution in [0.2, 0.25) is 5.02 Å². The molecule has 0 saturated carbocycles. The van der Waals surface area contributed by atoms with Crippen molar-refractivity contribution in [1.82, 2.24) is 15.2 Å². The lowest BCUT2D eigenvalue weighted by Crippen LogP contribution is -2.35. The van der Waals surface area contributed by atoms with Gasteiger partial charge < -0.3 is 25.5 Å². The van der Waals surface area contributed by atoms with Gasteiger partial charge in [-0.25, -0.2) is 9.67 Å². The third-order valence-corrected chi connectivity index (χ3v) is 5.15. The number of nitrogens with zero attached hydrogens (tertiary/aromatic N) is 4. The quantitative estimate of drug-likeness (QED) is 0.546. The normalized spacial score (nSPS) is 29.1. The number of nitrogens with one attached hydrogen (secondary N) is 1. The molecule has 0 spiro atoms. The largest absolute Gasteiger partial charge is 0.387 e. The Morgan fingerprint density at radius 1 is 1.29 bits per heavy atom. The summed E-state index contributed by atoms with van der Waals surface area (Å²) >= 11 is 5.88. The summed E-state index contributed by atoms with van der Waals surface area (Å²) < 4.78 is 7.36. The molecule has 0 unspecified atom stereocenters. The number of hydrogen-bond acceptors (Lipinski definition) is 7. The maximum atomic E-state index is 10.6. The van der Waals surface area contributed by atoms with Crippen LogP contribution in [0.5, 0.6) is 0 Å². The number of hydrazone groups is 1. The van der Waals surface area contributed by atoms with Gasteiger partial charge in [0.15, 0.2) is 12.1 Å². The van der Waals surface area contributed by atoms with Gasteiger partial charge in [0, 0.05) is 24.7 Å². The molecule has 4 rings (SSSR count). The minimum absolute atomic E-state index is 0.473. The van der Waals surface area contributed by atoms with E-state index in [9.17, 15) is 15.3 Å². The molecular weight excluding hydrogens is 386 g/mol. The zero-order valence-corrected chi connectivity index (χ0v) is 15.7. The average molecular weight is 406 g/mol. The van der Waals surface area contributed by atoms with Gasteiger partial charge in [-0.05, 0) is 17.7 Å². The molecule has 0 amide bonds. The summed E-state index contributed by atoms with van der Waals surface area (Å²) in [4.78, 5) is 4.23. The fraction of sp³-hybridized carbons (Fsp3) is 0.389. The first kappa shape index (κ1) is 19.0. The number of halogens is 1. The molecule has 0 radical (unpaired) electrons. The van der Waals surface area contributed by atoms with Crippen LogP contribution in [-0.2, 0) is 11.2 Å². The Hall–Kier alpha value is -2.30. The summed E-state index contributed by atoms with van der Waals surface area (Å²) in [5.41, 5.74) is 4.68. The van der Waals surface area contributed by atoms with Crippen LogP contribution in [0.4, 0.5) is 0 Å². The van der Waals surface area contributed by atoms with Gasteiger partial charge in [-0.2, -0.15) is 10.2 Å². The van der Waals surface area contributed by atoms with Crippen molar-refractivity contribution in [2.45, 2.75) is 37.1 Å². The second-order valence-electron chi connectivity index (χ2n) is 6.59. The molecule has 28 heavy (non-hydrogen) atoms. The molecule has 3 heterocycles. The van der Waals surface area contributed by atoms with E-state index in [4.69, 9.17) is 16.3 Å². The summed E-state index contributed by atoms with van der Waals surface area (Å²) in [6.45, 7) is 0. The van der Waals surface area contributed by atoms with Crippen molar-refractivity contribution >= 4 is 23.7 Å². The van der Waals surface area contributed by atoms with E-state index in [1.165, 1.54) is 4.68 Å². The third-order valence-electron chi connectivity index (χ3n) is 4.89. The lowest BCUT2D eigenvalue weighted by atomic mass is 9.99. The van der Waals surface area contributed by atoms with Crippen molar-refractivity contribution in [3.63, 3.8) is 0 Å². The molecule has 0 aliphatic carbocycles. The fourth-order valence-electron chi connectivity index (χ4n) is 3.48. The highest BCUT2D eigenvalue weighted by Crippen LogP contribution is 2.37. The Morgan fingerprint density at radius 2 is 2.04 bits per heavy atom. The number of aromatic nitrogens is 2. The third kappa shape index (κ3) is 3.21. The smallest absolute Gasteiger partial charge is 0.182 e. The monoisotopic (exact) mass is 405 g/mol. The highest BCUT2D eigenvalue weighted by molar-refractivity contribution is 6.30. The minimum atomic E-state index is -1.29. The second kappa shape index (κ2) is 7.61. The molecule has 4 N–H and O–H groups in total. The van der Waals surface area contributed by atoms with Crippen LogP contribution in [0.3, 0.4) is 0 Å². The van der Waals surface area contributed by atoms with Gasteiger partial charge in [-0.1, -0.05) is 23.7 Å². The van der Waals surface area contributed by atoms with Gasteiger partial charge in [0.1, 0.15) is 24.4 Å². The summed E-state index contributed by atoms with van der Waals surface area (Å²) in [6.07, 6.45) is -1.91. The second-order valence-corrected chi connectivity index (χ2v) is 7.03. The number of fused-ring (bicyclic) bond motifs is 1. The van der Waals surface area contributed by atoms with Crippen molar-refractivity contribution in [3.8, 4) is 0 Å². The average Bonchev–Trinajstić information content (AvgIpc) is 3.25. The maximum absolute atomic E-state index is 10.6. The van der Waals surface area contributed by atoms with Gasteiger partial charge >= 0.3 is 0 Å². The Kier molecular flexibility index (Phi) is 5.17. The molecule has 1 aromatic carbocycles. The SMILES string of the molecule is CN/N=C1/N=CCc2c1cnn2[C@@H]1O[C@H]([C@H](O)c2ccc(Cl)cc2)[C@@H](O)[C@H]1O. The van der Waals surface area contributed by atoms with Gasteiger partial charge in [0.05, 0.1) is 17.5 Å². The van der Waals surface area contributed by atoms with E-state index in [0.29, 0.717) is 28.4 Å². The Morgan fingerprint density at radius 3 is 2.75 bits per heavy atom. The topological polar surface area (TPSA) is 124 Å². The minimum Gasteiger partial charge on any atom is -0.387 e. The standard InChI is InChI=1S/C18H20ClN5O4/c1-20-23-17-11-8-22-24(12(11)6-7-21-17)18-15(27)14(26)16(28-18)13(25)9-2-4-10(19)5-3-9/h2-5,7-8,13-16,18,20,25-27H,6H2,1H3/b23-17+/t13-,14+,15-,16-,18-/m1/s1. The number of ether oxygens (including phenoxy) is 1. The molecule has 2 aromatic rings. The molecule has 0 bridgehead atoms. The maximum Gasteiger partial charge on any atom is 0.182 e. The van der Waals surface area contributed by atoms with Crippen LogP contribution < -0.4 is 5.43 Å². The van der Waals surface area contributed by atoms with E-state index in [-0.39, 0.29) is 0 Å². The van der Waals surface area contributed by atoms with Crippen LogP contribution >= 0.6 is 11.6 Å². The van der Waals surface area contributed by atoms with Crippen LogP contribution in [0.25, 0.3) is 0 Å². The van der Waals surface area contributed by atoms with Crippen molar-refractivity contribution in [2.75, 3.05) is 7.05 Å². The predicted molar refractivity (Wildman–Crippen MR) is 102 cm³/mol. The molecule has 1 saturated heterocycles. The van der Waals surface area contributed by atoms with Gasteiger partial charge in [0.2, 0.25) is 0 Å². The molecule has 2 aliphatic heterocycles. The number of aliphatic hydroxyl groups excluding tert-OH is 3. The molecule has 1 aromatic heterocycles. The Bertz CT molecular complexity index is 913. The number of aliphatic hydroxyl groups is 3. The molecular formula is C18H20ClN5O4. The molecule has 1 fully saturated rings. The number of rotatable bonds is 4. The van der Waals surface area contributed by atoms with Gasteiger partial charge in [-0.3, -0.25) is 0 Å². The summed E-state index contributed by atoms with van der Waals surface area (Å²) in [6, 6.07) is 6.58. The molecule has 9 nitrogen and oxygen atoms in total. The predicted octanol–water partition coefficient (Wildman–Crippen LogP) is 0.397. The summed E-state index contributed by atoms with van der Waals surface area (Å²) in [5, 5.41) is 40.6. The van der Waals surface area contributed by atoms with Crippen molar-refractivity contribution < 1.29 is 20.1 Å². The zero-order chi connectivity index (χ0) is 19.8. The lowest BCUT2D eigenvalue weighted by molar-refractivity contribution is -0.0903. The number of aliphatic imine (C=N–C) groups is 1. The first-order valence-corrected chi connectivity index (χ1v) is 9.18. The summed E-state index contributed by atoms with van der Waals surface area (Å²) in [5.74, 6) is 0.473. The van der Waals surface area contributed by atoms with E-state index >= 15 is 0 Å². The summed E-state index contributed by atoms with van der Waals surface area (Å²) in [7, 11) is 1.67. The van der Waals surface area contributed by atoms with E-state index < -0.39 is 30.6 Å².